The fraction of sp³-hybridized carbons (Fsp3) is 0.955. The molecule has 0 aromatic rings. The number of Topliss-reactive ketones (excluding diaryl/α,β-unsaturated/α-hetero) is 1. The molecule has 0 bridgehead atoms. The molecule has 0 amide bonds. The maximum absolute atomic E-state index is 12.4. The molecule has 136 valence electrons. The number of rotatable bonds is 1. The van der Waals surface area contributed by atoms with Gasteiger partial charge >= 0.3 is 0 Å². The Hall–Kier alpha value is -0.370. The monoisotopic (exact) mass is 332 g/mol. The lowest BCUT2D eigenvalue weighted by Gasteiger charge is -2.61. The van der Waals surface area contributed by atoms with Gasteiger partial charge in [0.15, 0.2) is 0 Å². The van der Waals surface area contributed by atoms with Gasteiger partial charge < -0.3 is 5.11 Å². The van der Waals surface area contributed by atoms with Gasteiger partial charge in [0.2, 0.25) is 0 Å². The molecule has 1 unspecified atom stereocenters. The molecule has 0 aromatic heterocycles. The van der Waals surface area contributed by atoms with Crippen LogP contribution >= 0.6 is 0 Å². The zero-order valence-corrected chi connectivity index (χ0v) is 16.1. The van der Waals surface area contributed by atoms with Crippen molar-refractivity contribution in [2.75, 3.05) is 0 Å². The number of carbonyl (C=O) groups is 1. The van der Waals surface area contributed by atoms with Crippen LogP contribution in [-0.4, -0.2) is 17.0 Å². The lowest BCUT2D eigenvalue weighted by molar-refractivity contribution is -0.159. The third kappa shape index (κ3) is 2.14. The van der Waals surface area contributed by atoms with E-state index in [1.807, 2.05) is 6.92 Å². The van der Waals surface area contributed by atoms with Gasteiger partial charge in [-0.1, -0.05) is 33.6 Å². The molecule has 24 heavy (non-hydrogen) atoms. The molecule has 4 saturated carbocycles. The van der Waals surface area contributed by atoms with Gasteiger partial charge in [0.05, 0.1) is 6.10 Å². The number of carbonyl (C=O) groups excluding carboxylic acids is 1. The third-order valence-electron chi connectivity index (χ3n) is 9.37. The number of hydrogen-bond donors (Lipinski definition) is 1. The summed E-state index contributed by atoms with van der Waals surface area (Å²) in [5, 5.41) is 11.0. The standard InChI is InChI=1S/C22H36O2/c1-13-11-18-15-12-19(24)17-7-5-6-9-21(17,3)16(15)8-10-22(18,4)20(13)14(2)23/h13,15-20,24H,5-12H2,1-4H3/t13-,15-,16+,17?,18+,19+,20-,21-,22+/m1/s1. The van der Waals surface area contributed by atoms with E-state index in [-0.39, 0.29) is 17.4 Å². The van der Waals surface area contributed by atoms with Crippen molar-refractivity contribution in [2.24, 2.45) is 46.3 Å². The summed E-state index contributed by atoms with van der Waals surface area (Å²) in [6.07, 6.45) is 9.81. The summed E-state index contributed by atoms with van der Waals surface area (Å²) in [5.74, 6) is 3.77. The van der Waals surface area contributed by atoms with Gasteiger partial charge in [-0.2, -0.15) is 0 Å². The Morgan fingerprint density at radius 1 is 0.958 bits per heavy atom. The highest BCUT2D eigenvalue weighted by Gasteiger charge is 2.63. The molecule has 0 radical (unpaired) electrons. The van der Waals surface area contributed by atoms with Crippen molar-refractivity contribution < 1.29 is 9.90 Å². The highest BCUT2D eigenvalue weighted by atomic mass is 16.3. The second kappa shape index (κ2) is 5.56. The van der Waals surface area contributed by atoms with Crippen LogP contribution in [0.5, 0.6) is 0 Å². The molecule has 9 atom stereocenters. The van der Waals surface area contributed by atoms with Crippen molar-refractivity contribution in [1.82, 2.24) is 0 Å². The summed E-state index contributed by atoms with van der Waals surface area (Å²) >= 11 is 0. The molecule has 0 saturated heterocycles. The molecule has 2 heteroatoms. The van der Waals surface area contributed by atoms with Crippen molar-refractivity contribution in [2.45, 2.75) is 85.2 Å². The Morgan fingerprint density at radius 2 is 1.71 bits per heavy atom. The quantitative estimate of drug-likeness (QED) is 0.746. The fourth-order valence-corrected chi connectivity index (χ4v) is 8.59. The van der Waals surface area contributed by atoms with Crippen molar-refractivity contribution in [1.29, 1.82) is 0 Å². The Morgan fingerprint density at radius 3 is 2.42 bits per heavy atom. The summed E-state index contributed by atoms with van der Waals surface area (Å²) in [7, 11) is 0. The van der Waals surface area contributed by atoms with E-state index in [9.17, 15) is 9.90 Å². The first-order chi connectivity index (χ1) is 11.3. The third-order valence-corrected chi connectivity index (χ3v) is 9.37. The highest BCUT2D eigenvalue weighted by Crippen LogP contribution is 2.68. The minimum atomic E-state index is -0.106. The van der Waals surface area contributed by atoms with Gasteiger partial charge in [0.25, 0.3) is 0 Å². The number of aliphatic hydroxyl groups is 1. The predicted molar refractivity (Wildman–Crippen MR) is 96.5 cm³/mol. The summed E-state index contributed by atoms with van der Waals surface area (Å²) in [6, 6.07) is 0. The first-order valence-corrected chi connectivity index (χ1v) is 10.5. The van der Waals surface area contributed by atoms with E-state index in [1.165, 1.54) is 44.9 Å². The van der Waals surface area contributed by atoms with Crippen molar-refractivity contribution in [3.05, 3.63) is 0 Å². The van der Waals surface area contributed by atoms with Gasteiger partial charge in [0, 0.05) is 5.92 Å². The summed E-state index contributed by atoms with van der Waals surface area (Å²) < 4.78 is 0. The van der Waals surface area contributed by atoms with E-state index >= 15 is 0 Å². The van der Waals surface area contributed by atoms with Crippen LogP contribution in [0.1, 0.15) is 79.1 Å². The zero-order chi connectivity index (χ0) is 17.3. The molecule has 0 aromatic carbocycles. The maximum Gasteiger partial charge on any atom is 0.133 e. The predicted octanol–water partition coefficient (Wildman–Crippen LogP) is 4.84. The summed E-state index contributed by atoms with van der Waals surface area (Å²) in [6.45, 7) is 9.02. The van der Waals surface area contributed by atoms with Crippen LogP contribution < -0.4 is 0 Å². The van der Waals surface area contributed by atoms with Gasteiger partial charge in [-0.25, -0.2) is 0 Å². The highest BCUT2D eigenvalue weighted by molar-refractivity contribution is 5.80. The molecule has 2 nitrogen and oxygen atoms in total. The molecule has 4 aliphatic carbocycles. The Kier molecular flexibility index (Phi) is 3.95. The van der Waals surface area contributed by atoms with E-state index < -0.39 is 0 Å². The first kappa shape index (κ1) is 17.1. The molecule has 4 rings (SSSR count). The van der Waals surface area contributed by atoms with E-state index in [1.54, 1.807) is 0 Å². The molecule has 0 aliphatic heterocycles. The number of hydrogen-bond acceptors (Lipinski definition) is 2. The van der Waals surface area contributed by atoms with E-state index in [4.69, 9.17) is 0 Å². The fourth-order valence-electron chi connectivity index (χ4n) is 8.59. The zero-order valence-electron chi connectivity index (χ0n) is 16.1. The van der Waals surface area contributed by atoms with Gasteiger partial charge in [0.1, 0.15) is 5.78 Å². The van der Waals surface area contributed by atoms with Crippen molar-refractivity contribution in [3.63, 3.8) is 0 Å². The molecule has 0 spiro atoms. The summed E-state index contributed by atoms with van der Waals surface area (Å²) in [5.41, 5.74) is 0.531. The van der Waals surface area contributed by atoms with Gasteiger partial charge in [-0.15, -0.1) is 0 Å². The molecule has 1 N–H and O–H groups in total. The molecule has 4 aliphatic rings. The van der Waals surface area contributed by atoms with Crippen LogP contribution in [0.2, 0.25) is 0 Å². The minimum Gasteiger partial charge on any atom is -0.393 e. The topological polar surface area (TPSA) is 37.3 Å². The number of ketones is 1. The summed E-state index contributed by atoms with van der Waals surface area (Å²) in [4.78, 5) is 12.4. The number of aliphatic hydroxyl groups excluding tert-OH is 1. The second-order valence-corrected chi connectivity index (χ2v) is 10.4. The second-order valence-electron chi connectivity index (χ2n) is 10.4. The van der Waals surface area contributed by atoms with Gasteiger partial charge in [-0.3, -0.25) is 4.79 Å². The van der Waals surface area contributed by atoms with Gasteiger partial charge in [-0.05, 0) is 85.9 Å². The van der Waals surface area contributed by atoms with E-state index in [0.29, 0.717) is 34.9 Å². The van der Waals surface area contributed by atoms with Crippen LogP contribution in [0.4, 0.5) is 0 Å². The molecule has 0 heterocycles. The average molecular weight is 333 g/mol. The lowest BCUT2D eigenvalue weighted by Crippen LogP contribution is -2.57. The van der Waals surface area contributed by atoms with Crippen LogP contribution in [0.15, 0.2) is 0 Å². The molecular formula is C22H36O2. The Labute approximate surface area is 147 Å². The SMILES string of the molecule is CC(=O)[C@H]1[C@H](C)C[C@H]2[C@@H]3C[C@H](O)C4CCCC[C@]4(C)[C@H]3CC[C@@]21C. The van der Waals surface area contributed by atoms with Crippen LogP contribution in [0, 0.1) is 46.3 Å². The molecule has 4 fully saturated rings. The van der Waals surface area contributed by atoms with Crippen LogP contribution in [0.25, 0.3) is 0 Å². The smallest absolute Gasteiger partial charge is 0.133 e. The van der Waals surface area contributed by atoms with E-state index in [0.717, 1.165) is 12.3 Å². The Balaban J connectivity index is 1.69. The maximum atomic E-state index is 12.4. The van der Waals surface area contributed by atoms with Crippen molar-refractivity contribution in [3.8, 4) is 0 Å². The van der Waals surface area contributed by atoms with Crippen LogP contribution in [-0.2, 0) is 4.79 Å². The normalized spacial score (nSPS) is 57.0. The van der Waals surface area contributed by atoms with Crippen molar-refractivity contribution >= 4 is 5.78 Å². The minimum absolute atomic E-state index is 0.106. The lowest BCUT2D eigenvalue weighted by atomic mass is 9.44. The largest absolute Gasteiger partial charge is 0.393 e. The Bertz CT molecular complexity index is 528. The van der Waals surface area contributed by atoms with E-state index in [2.05, 4.69) is 20.8 Å². The number of fused-ring (bicyclic) bond motifs is 5. The molecular weight excluding hydrogens is 296 g/mol. The average Bonchev–Trinajstić information content (AvgIpc) is 2.78. The first-order valence-electron chi connectivity index (χ1n) is 10.5. The van der Waals surface area contributed by atoms with Crippen LogP contribution in [0.3, 0.4) is 0 Å².